The number of ether oxygens (including phenoxy) is 1. The van der Waals surface area contributed by atoms with Crippen molar-refractivity contribution in [2.24, 2.45) is 5.73 Å². The quantitative estimate of drug-likeness (QED) is 0.317. The van der Waals surface area contributed by atoms with Gasteiger partial charge in [0.25, 0.3) is 5.91 Å². The van der Waals surface area contributed by atoms with Crippen LogP contribution in [-0.2, 0) is 5.54 Å². The van der Waals surface area contributed by atoms with Crippen molar-refractivity contribution in [3.05, 3.63) is 82.7 Å². The summed E-state index contributed by atoms with van der Waals surface area (Å²) in [5.74, 6) is -1.87. The van der Waals surface area contributed by atoms with Gasteiger partial charge in [0.15, 0.2) is 5.60 Å². The molecule has 2 unspecified atom stereocenters. The Morgan fingerprint density at radius 2 is 1.88 bits per heavy atom. The number of aliphatic hydroxyl groups is 1. The fraction of sp³-hybridized carbons (Fsp3) is 0.345. The van der Waals surface area contributed by atoms with Crippen LogP contribution in [0.5, 0.6) is 5.75 Å². The first-order valence-corrected chi connectivity index (χ1v) is 13.3. The Kier molecular flexibility index (Phi) is 5.74. The van der Waals surface area contributed by atoms with Gasteiger partial charge in [0, 0.05) is 60.5 Å². The van der Waals surface area contributed by atoms with Gasteiger partial charge in [-0.05, 0) is 42.3 Å². The number of nitrogens with zero attached hydrogens (tertiary/aromatic N) is 4. The van der Waals surface area contributed by atoms with E-state index in [1.807, 2.05) is 0 Å². The summed E-state index contributed by atoms with van der Waals surface area (Å²) in [6.45, 7) is -3.10. The maximum absolute atomic E-state index is 15.3. The number of alkyl halides is 5. The minimum Gasteiger partial charge on any atom is -0.434 e. The molecule has 1 aromatic carbocycles. The van der Waals surface area contributed by atoms with Crippen molar-refractivity contribution in [1.82, 2.24) is 19.5 Å². The number of rotatable bonds is 4. The molecule has 0 spiro atoms. The SMILES string of the molecule is CN1C(=O)c2cccc(OC(F)F)c2C2CC1c1nn3ccc(-c4cnc(C5(N)CC(O)(C(F)(F)F)C5)c(F)c4)cc3c12. The third-order valence-electron chi connectivity index (χ3n) is 8.86. The molecule has 14 heteroatoms. The van der Waals surface area contributed by atoms with E-state index in [9.17, 15) is 31.9 Å². The second-order valence-corrected chi connectivity index (χ2v) is 11.5. The van der Waals surface area contributed by atoms with Gasteiger partial charge >= 0.3 is 12.8 Å². The molecule has 4 aromatic rings. The normalized spacial score (nSPS) is 26.4. The molecule has 1 amide bonds. The van der Waals surface area contributed by atoms with Crippen LogP contribution in [-0.4, -0.2) is 55.9 Å². The third kappa shape index (κ3) is 3.95. The molecular formula is C29H23F6N5O3. The molecule has 3 aromatic heterocycles. The number of nitrogens with two attached hydrogens (primary N) is 1. The van der Waals surface area contributed by atoms with Gasteiger partial charge in [-0.3, -0.25) is 9.78 Å². The highest BCUT2D eigenvalue weighted by molar-refractivity contribution is 5.98. The molecule has 3 aliphatic rings. The monoisotopic (exact) mass is 603 g/mol. The van der Waals surface area contributed by atoms with Gasteiger partial charge in [0.05, 0.1) is 28.5 Å². The maximum Gasteiger partial charge on any atom is 0.417 e. The molecule has 1 saturated carbocycles. The maximum atomic E-state index is 15.3. The number of benzene rings is 1. The number of carbonyl (C=O) groups is 1. The molecule has 1 aliphatic heterocycles. The Bertz CT molecular complexity index is 1820. The lowest BCUT2D eigenvalue weighted by Gasteiger charge is -2.51. The van der Waals surface area contributed by atoms with E-state index in [-0.39, 0.29) is 22.9 Å². The lowest BCUT2D eigenvalue weighted by atomic mass is 9.63. The van der Waals surface area contributed by atoms with E-state index in [2.05, 4.69) is 10.1 Å². The average Bonchev–Trinajstić information content (AvgIpc) is 3.44. The summed E-state index contributed by atoms with van der Waals surface area (Å²) in [5, 5.41) is 14.5. The number of fused-ring (bicyclic) bond motifs is 9. The van der Waals surface area contributed by atoms with Gasteiger partial charge in [-0.25, -0.2) is 8.91 Å². The number of pyridine rings is 2. The number of halogens is 6. The van der Waals surface area contributed by atoms with Crippen molar-refractivity contribution in [1.29, 1.82) is 0 Å². The molecule has 2 atom stereocenters. The Balaban J connectivity index is 1.30. The Morgan fingerprint density at radius 1 is 1.14 bits per heavy atom. The van der Waals surface area contributed by atoms with Crippen molar-refractivity contribution in [3.63, 3.8) is 0 Å². The first kappa shape index (κ1) is 27.7. The van der Waals surface area contributed by atoms with E-state index >= 15 is 4.39 Å². The van der Waals surface area contributed by atoms with E-state index in [1.54, 1.807) is 36.0 Å². The van der Waals surface area contributed by atoms with E-state index in [0.29, 0.717) is 39.9 Å². The fourth-order valence-electron chi connectivity index (χ4n) is 6.86. The van der Waals surface area contributed by atoms with Crippen molar-refractivity contribution in [2.75, 3.05) is 7.05 Å². The highest BCUT2D eigenvalue weighted by Gasteiger charge is 2.67. The van der Waals surface area contributed by atoms with E-state index in [1.165, 1.54) is 23.2 Å². The zero-order valence-electron chi connectivity index (χ0n) is 22.4. The summed E-state index contributed by atoms with van der Waals surface area (Å²) in [4.78, 5) is 18.9. The Hall–Kier alpha value is -4.17. The molecular weight excluding hydrogens is 580 g/mol. The molecule has 1 fully saturated rings. The highest BCUT2D eigenvalue weighted by atomic mass is 19.4. The molecule has 224 valence electrons. The Labute approximate surface area is 239 Å². The van der Waals surface area contributed by atoms with E-state index < -0.39 is 54.5 Å². The summed E-state index contributed by atoms with van der Waals surface area (Å²) in [7, 11) is 1.63. The van der Waals surface area contributed by atoms with Crippen LogP contribution in [0.1, 0.15) is 64.1 Å². The van der Waals surface area contributed by atoms with Crippen molar-refractivity contribution >= 4 is 11.4 Å². The van der Waals surface area contributed by atoms with Crippen LogP contribution in [0.4, 0.5) is 26.3 Å². The minimum atomic E-state index is -4.90. The molecule has 7 rings (SSSR count). The lowest BCUT2D eigenvalue weighted by molar-refractivity contribution is -0.304. The summed E-state index contributed by atoms with van der Waals surface area (Å²) in [6.07, 6.45) is -3.42. The smallest absolute Gasteiger partial charge is 0.417 e. The summed E-state index contributed by atoms with van der Waals surface area (Å²) < 4.78 is 87.8. The standard InChI is InChI=1S/C29H23F6N5O3/c1-39-19-9-16(21-15(25(39)41)3-2-4-20(21)43-26(31)32)22-18-8-13(5-6-40(18)38-23(19)22)14-7-17(30)24(37-10-14)27(36)11-28(42,12-27)29(33,34)35/h2-8,10,16,19,26,42H,9,11-12,36H2,1H3. The third-order valence-corrected chi connectivity index (χ3v) is 8.86. The summed E-state index contributed by atoms with van der Waals surface area (Å²) in [6, 6.07) is 8.51. The van der Waals surface area contributed by atoms with E-state index in [0.717, 1.165) is 6.07 Å². The Morgan fingerprint density at radius 3 is 2.56 bits per heavy atom. The fourth-order valence-corrected chi connectivity index (χ4v) is 6.86. The first-order chi connectivity index (χ1) is 20.2. The van der Waals surface area contributed by atoms with Gasteiger partial charge in [0.2, 0.25) is 0 Å². The van der Waals surface area contributed by atoms with Crippen molar-refractivity contribution < 1.29 is 41.0 Å². The topological polar surface area (TPSA) is 106 Å². The van der Waals surface area contributed by atoms with Crippen LogP contribution >= 0.6 is 0 Å². The number of hydrogen-bond acceptors (Lipinski definition) is 6. The molecule has 3 N–H and O–H groups in total. The van der Waals surface area contributed by atoms with Crippen LogP contribution in [0.2, 0.25) is 0 Å². The molecule has 2 aliphatic carbocycles. The summed E-state index contributed by atoms with van der Waals surface area (Å²) >= 11 is 0. The predicted octanol–water partition coefficient (Wildman–Crippen LogP) is 5.04. The lowest BCUT2D eigenvalue weighted by Crippen LogP contribution is -2.66. The molecule has 0 saturated heterocycles. The van der Waals surface area contributed by atoms with Crippen LogP contribution < -0.4 is 10.5 Å². The largest absolute Gasteiger partial charge is 0.434 e. The van der Waals surface area contributed by atoms with Crippen LogP contribution in [0.15, 0.2) is 48.8 Å². The second kappa shape index (κ2) is 8.92. The second-order valence-electron chi connectivity index (χ2n) is 11.5. The predicted molar refractivity (Wildman–Crippen MR) is 139 cm³/mol. The van der Waals surface area contributed by atoms with E-state index in [4.69, 9.17) is 10.5 Å². The number of hydrogen-bond donors (Lipinski definition) is 2. The number of aromatic nitrogens is 3. The van der Waals surface area contributed by atoms with Gasteiger partial charge in [0.1, 0.15) is 11.6 Å². The van der Waals surface area contributed by atoms with Crippen molar-refractivity contribution in [3.8, 4) is 16.9 Å². The molecule has 43 heavy (non-hydrogen) atoms. The van der Waals surface area contributed by atoms with Crippen molar-refractivity contribution in [2.45, 2.75) is 55.1 Å². The zero-order valence-corrected chi connectivity index (χ0v) is 22.4. The first-order valence-electron chi connectivity index (χ1n) is 13.3. The van der Waals surface area contributed by atoms with Crippen LogP contribution in [0.25, 0.3) is 16.6 Å². The van der Waals surface area contributed by atoms with Crippen LogP contribution in [0, 0.1) is 5.82 Å². The zero-order chi connectivity index (χ0) is 30.6. The average molecular weight is 604 g/mol. The highest BCUT2D eigenvalue weighted by Crippen LogP contribution is 2.55. The molecule has 0 radical (unpaired) electrons. The van der Waals surface area contributed by atoms with Gasteiger partial charge in [-0.15, -0.1) is 0 Å². The number of amides is 1. The minimum absolute atomic E-state index is 0.103. The summed E-state index contributed by atoms with van der Waals surface area (Å²) in [5.41, 5.74) is 4.15. The van der Waals surface area contributed by atoms with Crippen LogP contribution in [0.3, 0.4) is 0 Å². The molecule has 2 bridgehead atoms. The van der Waals surface area contributed by atoms with Gasteiger partial charge in [-0.2, -0.15) is 27.1 Å². The van der Waals surface area contributed by atoms with Gasteiger partial charge in [-0.1, -0.05) is 6.07 Å². The molecule has 4 heterocycles. The molecule has 8 nitrogen and oxygen atoms in total. The van der Waals surface area contributed by atoms with Gasteiger partial charge < -0.3 is 20.5 Å². The number of carbonyl (C=O) groups excluding carboxylic acids is 1.